The van der Waals surface area contributed by atoms with Gasteiger partial charge in [0.15, 0.2) is 0 Å². The first-order valence-corrected chi connectivity index (χ1v) is 7.54. The van der Waals surface area contributed by atoms with Gasteiger partial charge in [0.1, 0.15) is 0 Å². The maximum absolute atomic E-state index is 12.2. The highest BCUT2D eigenvalue weighted by atomic mass is 16.4. The second-order valence-electron chi connectivity index (χ2n) is 6.73. The van der Waals surface area contributed by atoms with E-state index in [4.69, 9.17) is 10.8 Å². The minimum Gasteiger partial charge on any atom is -0.481 e. The van der Waals surface area contributed by atoms with Crippen LogP contribution in [0.3, 0.4) is 0 Å². The van der Waals surface area contributed by atoms with Gasteiger partial charge in [-0.05, 0) is 31.1 Å². The summed E-state index contributed by atoms with van der Waals surface area (Å²) in [6, 6.07) is 0. The predicted molar refractivity (Wildman–Crippen MR) is 78.1 cm³/mol. The van der Waals surface area contributed by atoms with Crippen LogP contribution in [-0.2, 0) is 9.59 Å². The number of amides is 1. The zero-order valence-corrected chi connectivity index (χ0v) is 12.8. The second kappa shape index (κ2) is 7.07. The van der Waals surface area contributed by atoms with Gasteiger partial charge in [-0.2, -0.15) is 0 Å². The lowest BCUT2D eigenvalue weighted by molar-refractivity contribution is -0.142. The Morgan fingerprint density at radius 3 is 2.60 bits per heavy atom. The monoisotopic (exact) mass is 284 g/mol. The van der Waals surface area contributed by atoms with Crippen molar-refractivity contribution >= 4 is 11.9 Å². The third-order valence-corrected chi connectivity index (χ3v) is 4.10. The van der Waals surface area contributed by atoms with Crippen molar-refractivity contribution in [1.82, 2.24) is 5.32 Å². The molecule has 1 aliphatic rings. The number of aliphatic carboxylic acids is 1. The number of hydrogen-bond acceptors (Lipinski definition) is 3. The van der Waals surface area contributed by atoms with Crippen LogP contribution in [0.25, 0.3) is 0 Å². The molecule has 0 radical (unpaired) electrons. The molecule has 3 unspecified atom stereocenters. The SMILES string of the molecule is CC(C)CC(CNC(=O)C1(N)CCCC(C)C1)C(=O)O. The first-order chi connectivity index (χ1) is 9.24. The van der Waals surface area contributed by atoms with Crippen LogP contribution in [0.5, 0.6) is 0 Å². The lowest BCUT2D eigenvalue weighted by atomic mass is 9.76. The van der Waals surface area contributed by atoms with Crippen LogP contribution in [0, 0.1) is 17.8 Å². The van der Waals surface area contributed by atoms with E-state index in [0.717, 1.165) is 12.8 Å². The molecular formula is C15H28N2O3. The number of carboxylic acids is 1. The van der Waals surface area contributed by atoms with E-state index in [-0.39, 0.29) is 18.4 Å². The van der Waals surface area contributed by atoms with Crippen molar-refractivity contribution in [2.75, 3.05) is 6.54 Å². The third kappa shape index (κ3) is 4.78. The molecule has 0 spiro atoms. The summed E-state index contributed by atoms with van der Waals surface area (Å²) >= 11 is 0. The number of hydrogen-bond donors (Lipinski definition) is 3. The lowest BCUT2D eigenvalue weighted by Crippen LogP contribution is -2.57. The van der Waals surface area contributed by atoms with Crippen molar-refractivity contribution in [2.24, 2.45) is 23.5 Å². The molecule has 1 saturated carbocycles. The Bertz CT molecular complexity index is 357. The van der Waals surface area contributed by atoms with Crippen LogP contribution in [0.1, 0.15) is 52.9 Å². The van der Waals surface area contributed by atoms with Crippen molar-refractivity contribution < 1.29 is 14.7 Å². The fraction of sp³-hybridized carbons (Fsp3) is 0.867. The number of rotatable bonds is 6. The first kappa shape index (κ1) is 17.0. The molecule has 0 saturated heterocycles. The molecule has 20 heavy (non-hydrogen) atoms. The molecule has 1 aliphatic carbocycles. The maximum Gasteiger partial charge on any atom is 0.308 e. The first-order valence-electron chi connectivity index (χ1n) is 7.54. The highest BCUT2D eigenvalue weighted by molar-refractivity contribution is 5.86. The normalized spacial score (nSPS) is 28.1. The van der Waals surface area contributed by atoms with Gasteiger partial charge in [0.05, 0.1) is 11.5 Å². The molecule has 0 aromatic heterocycles. The molecule has 5 nitrogen and oxygen atoms in total. The minimum absolute atomic E-state index is 0.166. The van der Waals surface area contributed by atoms with Gasteiger partial charge in [-0.25, -0.2) is 0 Å². The highest BCUT2D eigenvalue weighted by Crippen LogP contribution is 2.30. The van der Waals surface area contributed by atoms with E-state index in [1.165, 1.54) is 0 Å². The van der Waals surface area contributed by atoms with E-state index >= 15 is 0 Å². The van der Waals surface area contributed by atoms with Crippen molar-refractivity contribution in [3.8, 4) is 0 Å². The summed E-state index contributed by atoms with van der Waals surface area (Å²) in [5, 5.41) is 11.9. The van der Waals surface area contributed by atoms with Crippen LogP contribution >= 0.6 is 0 Å². The molecule has 3 atom stereocenters. The van der Waals surface area contributed by atoms with E-state index in [1.54, 1.807) is 0 Å². The summed E-state index contributed by atoms with van der Waals surface area (Å²) in [6.45, 7) is 6.22. The van der Waals surface area contributed by atoms with E-state index in [1.807, 2.05) is 13.8 Å². The Kier molecular flexibility index (Phi) is 5.99. The number of carboxylic acid groups (broad SMARTS) is 1. The lowest BCUT2D eigenvalue weighted by Gasteiger charge is -2.35. The van der Waals surface area contributed by atoms with Crippen molar-refractivity contribution in [2.45, 2.75) is 58.4 Å². The second-order valence-corrected chi connectivity index (χ2v) is 6.73. The number of carbonyl (C=O) groups excluding carboxylic acids is 1. The van der Waals surface area contributed by atoms with Gasteiger partial charge in [-0.15, -0.1) is 0 Å². The summed E-state index contributed by atoms with van der Waals surface area (Å²) < 4.78 is 0. The van der Waals surface area contributed by atoms with Crippen molar-refractivity contribution in [3.05, 3.63) is 0 Å². The van der Waals surface area contributed by atoms with Crippen LogP contribution in [-0.4, -0.2) is 29.1 Å². The Hall–Kier alpha value is -1.10. The molecule has 116 valence electrons. The molecule has 0 heterocycles. The van der Waals surface area contributed by atoms with E-state index in [9.17, 15) is 9.59 Å². The molecule has 0 aromatic rings. The molecule has 1 amide bonds. The Balaban J connectivity index is 2.54. The fourth-order valence-corrected chi connectivity index (χ4v) is 3.03. The maximum atomic E-state index is 12.2. The summed E-state index contributed by atoms with van der Waals surface area (Å²) in [6.07, 6.45) is 3.99. The molecule has 1 rings (SSSR count). The zero-order chi connectivity index (χ0) is 15.3. The van der Waals surface area contributed by atoms with Crippen LogP contribution in [0.4, 0.5) is 0 Å². The Labute approximate surface area is 121 Å². The van der Waals surface area contributed by atoms with Gasteiger partial charge in [0, 0.05) is 6.54 Å². The van der Waals surface area contributed by atoms with E-state index in [0.29, 0.717) is 25.2 Å². The molecular weight excluding hydrogens is 256 g/mol. The van der Waals surface area contributed by atoms with Gasteiger partial charge >= 0.3 is 5.97 Å². The van der Waals surface area contributed by atoms with Crippen molar-refractivity contribution in [3.63, 3.8) is 0 Å². The molecule has 0 aromatic carbocycles. The van der Waals surface area contributed by atoms with Crippen LogP contribution < -0.4 is 11.1 Å². The summed E-state index contributed by atoms with van der Waals surface area (Å²) in [4.78, 5) is 23.4. The topological polar surface area (TPSA) is 92.4 Å². The van der Waals surface area contributed by atoms with Gasteiger partial charge in [0.25, 0.3) is 0 Å². The zero-order valence-electron chi connectivity index (χ0n) is 12.8. The number of nitrogens with two attached hydrogens (primary N) is 1. The molecule has 0 aliphatic heterocycles. The van der Waals surface area contributed by atoms with E-state index < -0.39 is 17.4 Å². The standard InChI is InChI=1S/C15H28N2O3/c1-10(2)7-12(13(18)19)9-17-14(20)15(16)6-4-5-11(3)8-15/h10-12H,4-9,16H2,1-3H3,(H,17,20)(H,18,19). The molecule has 4 N–H and O–H groups in total. The summed E-state index contributed by atoms with van der Waals surface area (Å²) in [5.74, 6) is -0.857. The Morgan fingerprint density at radius 1 is 1.45 bits per heavy atom. The third-order valence-electron chi connectivity index (χ3n) is 4.10. The number of nitrogens with one attached hydrogen (secondary N) is 1. The molecule has 5 heteroatoms. The largest absolute Gasteiger partial charge is 0.481 e. The van der Waals surface area contributed by atoms with Crippen molar-refractivity contribution in [1.29, 1.82) is 0 Å². The molecule has 1 fully saturated rings. The Morgan fingerprint density at radius 2 is 2.10 bits per heavy atom. The van der Waals surface area contributed by atoms with E-state index in [2.05, 4.69) is 12.2 Å². The average Bonchev–Trinajstić information content (AvgIpc) is 2.32. The van der Waals surface area contributed by atoms with Crippen LogP contribution in [0.15, 0.2) is 0 Å². The van der Waals surface area contributed by atoms with Gasteiger partial charge in [-0.1, -0.05) is 33.6 Å². The van der Waals surface area contributed by atoms with Gasteiger partial charge in [-0.3, -0.25) is 9.59 Å². The van der Waals surface area contributed by atoms with Crippen LogP contribution in [0.2, 0.25) is 0 Å². The smallest absolute Gasteiger partial charge is 0.308 e. The summed E-state index contributed by atoms with van der Waals surface area (Å²) in [5.41, 5.74) is 5.38. The highest BCUT2D eigenvalue weighted by Gasteiger charge is 2.38. The minimum atomic E-state index is -0.859. The average molecular weight is 284 g/mol. The quantitative estimate of drug-likeness (QED) is 0.693. The van der Waals surface area contributed by atoms with Gasteiger partial charge < -0.3 is 16.2 Å². The predicted octanol–water partition coefficient (Wildman–Crippen LogP) is 1.76. The fourth-order valence-electron chi connectivity index (χ4n) is 3.03. The summed E-state index contributed by atoms with van der Waals surface area (Å²) in [7, 11) is 0. The van der Waals surface area contributed by atoms with Gasteiger partial charge in [0.2, 0.25) is 5.91 Å². The number of carbonyl (C=O) groups is 2. The molecule has 0 bridgehead atoms.